The van der Waals surface area contributed by atoms with Gasteiger partial charge in [0.1, 0.15) is 0 Å². The van der Waals surface area contributed by atoms with Crippen LogP contribution in [0, 0.1) is 12.3 Å². The first-order valence-electron chi connectivity index (χ1n) is 3.89. The van der Waals surface area contributed by atoms with Crippen molar-refractivity contribution in [2.45, 2.75) is 12.5 Å². The molecule has 0 fully saturated rings. The fourth-order valence-electron chi connectivity index (χ4n) is 0.999. The lowest BCUT2D eigenvalue weighted by Crippen LogP contribution is -2.25. The Morgan fingerprint density at radius 1 is 1.58 bits per heavy atom. The number of pyridine rings is 1. The smallest absolute Gasteiger partial charge is 0.0725 e. The molecule has 1 N–H and O–H groups in total. The minimum Gasteiger partial charge on any atom is -0.306 e. The molecule has 0 aliphatic heterocycles. The van der Waals surface area contributed by atoms with E-state index in [-0.39, 0.29) is 6.04 Å². The van der Waals surface area contributed by atoms with E-state index in [1.54, 1.807) is 12.4 Å². The van der Waals surface area contributed by atoms with Crippen molar-refractivity contribution in [2.75, 3.05) is 7.05 Å². The molecule has 2 nitrogen and oxygen atoms in total. The molecule has 1 rings (SSSR count). The first-order chi connectivity index (χ1) is 5.86. The highest BCUT2D eigenvalue weighted by molar-refractivity contribution is 5.15. The van der Waals surface area contributed by atoms with Crippen molar-refractivity contribution in [3.63, 3.8) is 0 Å². The number of nitrogens with one attached hydrogen (secondary N) is 1. The zero-order chi connectivity index (χ0) is 8.81. The SMILES string of the molecule is C#CC(Cc1ccncc1)NC. The predicted octanol–water partition coefficient (Wildman–Crippen LogP) is 0.845. The van der Waals surface area contributed by atoms with Gasteiger partial charge in [-0.3, -0.25) is 4.98 Å². The zero-order valence-electron chi connectivity index (χ0n) is 7.12. The summed E-state index contributed by atoms with van der Waals surface area (Å²) in [6.07, 6.45) is 9.71. The topological polar surface area (TPSA) is 24.9 Å². The van der Waals surface area contributed by atoms with Gasteiger partial charge in [-0.15, -0.1) is 6.42 Å². The molecule has 0 aromatic carbocycles. The molecule has 0 amide bonds. The van der Waals surface area contributed by atoms with Gasteiger partial charge in [-0.2, -0.15) is 0 Å². The van der Waals surface area contributed by atoms with E-state index in [1.165, 1.54) is 5.56 Å². The van der Waals surface area contributed by atoms with E-state index >= 15 is 0 Å². The highest BCUT2D eigenvalue weighted by atomic mass is 14.8. The van der Waals surface area contributed by atoms with Crippen LogP contribution < -0.4 is 5.32 Å². The first kappa shape index (κ1) is 8.76. The van der Waals surface area contributed by atoms with Crippen LogP contribution in [0.4, 0.5) is 0 Å². The number of hydrogen-bond donors (Lipinski definition) is 1. The van der Waals surface area contributed by atoms with Crippen LogP contribution in [-0.4, -0.2) is 18.1 Å². The third-order valence-corrected chi connectivity index (χ3v) is 1.74. The molecule has 0 radical (unpaired) electrons. The van der Waals surface area contributed by atoms with E-state index in [4.69, 9.17) is 6.42 Å². The lowest BCUT2D eigenvalue weighted by Gasteiger charge is -2.07. The van der Waals surface area contributed by atoms with Crippen LogP contribution in [-0.2, 0) is 6.42 Å². The molecular formula is C10H12N2. The molecule has 2 heteroatoms. The summed E-state index contributed by atoms with van der Waals surface area (Å²) in [5.41, 5.74) is 1.21. The fourth-order valence-corrected chi connectivity index (χ4v) is 0.999. The molecule has 1 heterocycles. The molecule has 0 saturated heterocycles. The maximum atomic E-state index is 5.30. The van der Waals surface area contributed by atoms with Crippen molar-refractivity contribution < 1.29 is 0 Å². The van der Waals surface area contributed by atoms with E-state index in [0.29, 0.717) is 0 Å². The second-order valence-electron chi connectivity index (χ2n) is 2.57. The third-order valence-electron chi connectivity index (χ3n) is 1.74. The van der Waals surface area contributed by atoms with Gasteiger partial charge in [0.2, 0.25) is 0 Å². The van der Waals surface area contributed by atoms with E-state index in [9.17, 15) is 0 Å². The van der Waals surface area contributed by atoms with Gasteiger partial charge < -0.3 is 5.32 Å². The molecular weight excluding hydrogens is 148 g/mol. The van der Waals surface area contributed by atoms with Crippen LogP contribution in [0.2, 0.25) is 0 Å². The molecule has 0 saturated carbocycles. The molecule has 0 aliphatic carbocycles. The van der Waals surface area contributed by atoms with Crippen LogP contribution in [0.15, 0.2) is 24.5 Å². The quantitative estimate of drug-likeness (QED) is 0.663. The van der Waals surface area contributed by atoms with Gasteiger partial charge in [-0.25, -0.2) is 0 Å². The fraction of sp³-hybridized carbons (Fsp3) is 0.300. The van der Waals surface area contributed by atoms with E-state index in [2.05, 4.69) is 16.2 Å². The van der Waals surface area contributed by atoms with Gasteiger partial charge in [0.15, 0.2) is 0 Å². The van der Waals surface area contributed by atoms with Crippen LogP contribution in [0.3, 0.4) is 0 Å². The van der Waals surface area contributed by atoms with Crippen LogP contribution >= 0.6 is 0 Å². The summed E-state index contributed by atoms with van der Waals surface area (Å²) in [6.45, 7) is 0. The standard InChI is InChI=1S/C10H12N2/c1-3-10(11-2)8-9-4-6-12-7-5-9/h1,4-7,10-11H,8H2,2H3. The Labute approximate surface area is 73.0 Å². The van der Waals surface area contributed by atoms with Gasteiger partial charge in [-0.05, 0) is 31.2 Å². The maximum Gasteiger partial charge on any atom is 0.0725 e. The van der Waals surface area contributed by atoms with Crippen molar-refractivity contribution in [1.82, 2.24) is 10.3 Å². The van der Waals surface area contributed by atoms with E-state index < -0.39 is 0 Å². The predicted molar refractivity (Wildman–Crippen MR) is 49.6 cm³/mol. The van der Waals surface area contributed by atoms with Gasteiger partial charge >= 0.3 is 0 Å². The van der Waals surface area contributed by atoms with Crippen LogP contribution in [0.5, 0.6) is 0 Å². The lowest BCUT2D eigenvalue weighted by molar-refractivity contribution is 0.683. The van der Waals surface area contributed by atoms with Crippen molar-refractivity contribution in [1.29, 1.82) is 0 Å². The molecule has 12 heavy (non-hydrogen) atoms. The Hall–Kier alpha value is -1.33. The summed E-state index contributed by atoms with van der Waals surface area (Å²) in [7, 11) is 1.87. The Morgan fingerprint density at radius 2 is 2.25 bits per heavy atom. The Morgan fingerprint density at radius 3 is 2.75 bits per heavy atom. The normalized spacial score (nSPS) is 12.0. The van der Waals surface area contributed by atoms with Crippen LogP contribution in [0.1, 0.15) is 5.56 Å². The number of terminal acetylenes is 1. The van der Waals surface area contributed by atoms with Crippen molar-refractivity contribution >= 4 is 0 Å². The maximum absolute atomic E-state index is 5.30. The lowest BCUT2D eigenvalue weighted by atomic mass is 10.1. The summed E-state index contributed by atoms with van der Waals surface area (Å²) in [5, 5.41) is 3.04. The largest absolute Gasteiger partial charge is 0.306 e. The Kier molecular flexibility index (Phi) is 3.31. The van der Waals surface area contributed by atoms with Gasteiger partial charge in [0, 0.05) is 12.4 Å². The summed E-state index contributed by atoms with van der Waals surface area (Å²) in [5.74, 6) is 2.67. The molecule has 62 valence electrons. The summed E-state index contributed by atoms with van der Waals surface area (Å²) in [4.78, 5) is 3.93. The molecule has 1 atom stereocenters. The highest BCUT2D eigenvalue weighted by Crippen LogP contribution is 2.00. The first-order valence-corrected chi connectivity index (χ1v) is 3.89. The minimum atomic E-state index is 0.118. The molecule has 0 aliphatic rings. The monoisotopic (exact) mass is 160 g/mol. The summed E-state index contributed by atoms with van der Waals surface area (Å²) >= 11 is 0. The van der Waals surface area contributed by atoms with E-state index in [0.717, 1.165) is 6.42 Å². The molecule has 1 unspecified atom stereocenters. The average Bonchev–Trinajstić information content (AvgIpc) is 2.16. The number of rotatable bonds is 3. The molecule has 1 aromatic rings. The number of nitrogens with zero attached hydrogens (tertiary/aromatic N) is 1. The van der Waals surface area contributed by atoms with E-state index in [1.807, 2.05) is 19.2 Å². The second-order valence-corrected chi connectivity index (χ2v) is 2.57. The van der Waals surface area contributed by atoms with Gasteiger partial charge in [0.25, 0.3) is 0 Å². The average molecular weight is 160 g/mol. The number of aromatic nitrogens is 1. The minimum absolute atomic E-state index is 0.118. The van der Waals surface area contributed by atoms with Gasteiger partial charge in [-0.1, -0.05) is 5.92 Å². The van der Waals surface area contributed by atoms with Gasteiger partial charge in [0.05, 0.1) is 6.04 Å². The summed E-state index contributed by atoms with van der Waals surface area (Å²) in [6, 6.07) is 4.07. The Balaban J connectivity index is 2.58. The molecule has 0 spiro atoms. The Bertz CT molecular complexity index is 261. The van der Waals surface area contributed by atoms with Crippen molar-refractivity contribution in [3.8, 4) is 12.3 Å². The molecule has 0 bridgehead atoms. The highest BCUT2D eigenvalue weighted by Gasteiger charge is 2.01. The number of hydrogen-bond acceptors (Lipinski definition) is 2. The zero-order valence-corrected chi connectivity index (χ0v) is 7.12. The van der Waals surface area contributed by atoms with Crippen LogP contribution in [0.25, 0.3) is 0 Å². The molecule has 1 aromatic heterocycles. The van der Waals surface area contributed by atoms with Crippen molar-refractivity contribution in [2.24, 2.45) is 0 Å². The number of likely N-dealkylation sites (N-methyl/N-ethyl adjacent to an activating group) is 1. The third kappa shape index (κ3) is 2.37. The van der Waals surface area contributed by atoms with Crippen molar-refractivity contribution in [3.05, 3.63) is 30.1 Å². The second kappa shape index (κ2) is 4.53. The summed E-state index contributed by atoms with van der Waals surface area (Å²) < 4.78 is 0.